The van der Waals surface area contributed by atoms with Crippen molar-refractivity contribution in [3.8, 4) is 0 Å². The lowest BCUT2D eigenvalue weighted by Crippen LogP contribution is -2.40. The minimum atomic E-state index is -3.79. The zero-order valence-corrected chi connectivity index (χ0v) is 16.9. The molecule has 0 radical (unpaired) electrons. The number of piperidine rings is 1. The lowest BCUT2D eigenvalue weighted by Gasteiger charge is -2.25. The Morgan fingerprint density at radius 3 is 1.93 bits per heavy atom. The number of nitrogens with zero attached hydrogens (tertiary/aromatic N) is 1. The zero-order chi connectivity index (χ0) is 20.3. The van der Waals surface area contributed by atoms with Crippen LogP contribution in [-0.4, -0.2) is 20.2 Å². The van der Waals surface area contributed by atoms with Gasteiger partial charge in [-0.3, -0.25) is 19.2 Å². The summed E-state index contributed by atoms with van der Waals surface area (Å²) in [6.45, 7) is 3.96. The maximum absolute atomic E-state index is 12.9. The van der Waals surface area contributed by atoms with E-state index in [0.717, 1.165) is 16.0 Å². The van der Waals surface area contributed by atoms with Crippen molar-refractivity contribution >= 4 is 33.2 Å². The molecule has 1 saturated heterocycles. The second kappa shape index (κ2) is 8.14. The summed E-state index contributed by atoms with van der Waals surface area (Å²) in [4.78, 5) is 25.3. The monoisotopic (exact) mass is 400 g/mol. The molecule has 6 nitrogen and oxygen atoms in total. The van der Waals surface area contributed by atoms with E-state index in [4.69, 9.17) is 0 Å². The second-order valence-corrected chi connectivity index (χ2v) is 8.42. The molecule has 0 saturated carbocycles. The Bertz CT molecular complexity index is 959. The molecule has 0 bridgehead atoms. The number of carbonyl (C=O) groups excluding carboxylic acids is 2. The standard InChI is InChI=1S/C21H24N2O4S/c1-3-15-7-5-8-16(4-2)21(15)22-28(26,27)18-13-11-17(12-14-18)23-19(24)9-6-10-20(23)25/h5,7-8,11-14,22H,3-4,6,9-10H2,1-2H3. The first-order chi connectivity index (χ1) is 13.4. The van der Waals surface area contributed by atoms with E-state index in [1.54, 1.807) is 0 Å². The Morgan fingerprint density at radius 1 is 0.893 bits per heavy atom. The highest BCUT2D eigenvalue weighted by Gasteiger charge is 2.27. The summed E-state index contributed by atoms with van der Waals surface area (Å²) in [7, 11) is -3.79. The van der Waals surface area contributed by atoms with Gasteiger partial charge in [-0.15, -0.1) is 0 Å². The Morgan fingerprint density at radius 2 is 1.43 bits per heavy atom. The number of hydrogen-bond acceptors (Lipinski definition) is 4. The molecule has 1 N–H and O–H groups in total. The summed E-state index contributed by atoms with van der Waals surface area (Å²) < 4.78 is 28.5. The SMILES string of the molecule is CCc1cccc(CC)c1NS(=O)(=O)c1ccc(N2C(=O)CCCC2=O)cc1. The summed E-state index contributed by atoms with van der Waals surface area (Å²) in [6, 6.07) is 11.6. The van der Waals surface area contributed by atoms with E-state index in [2.05, 4.69) is 4.72 Å². The van der Waals surface area contributed by atoms with Gasteiger partial charge in [0.2, 0.25) is 11.8 Å². The molecular formula is C21H24N2O4S. The van der Waals surface area contributed by atoms with E-state index in [9.17, 15) is 18.0 Å². The van der Waals surface area contributed by atoms with Gasteiger partial charge >= 0.3 is 0 Å². The number of anilines is 2. The largest absolute Gasteiger partial charge is 0.279 e. The van der Waals surface area contributed by atoms with Crippen molar-refractivity contribution in [1.29, 1.82) is 0 Å². The number of nitrogens with one attached hydrogen (secondary N) is 1. The van der Waals surface area contributed by atoms with Gasteiger partial charge in [-0.05, 0) is 54.7 Å². The molecule has 0 unspecified atom stereocenters. The molecule has 148 valence electrons. The highest BCUT2D eigenvalue weighted by Crippen LogP contribution is 2.27. The van der Waals surface area contributed by atoms with Crippen LogP contribution in [0.4, 0.5) is 11.4 Å². The predicted molar refractivity (Wildman–Crippen MR) is 109 cm³/mol. The molecule has 0 spiro atoms. The summed E-state index contributed by atoms with van der Waals surface area (Å²) in [5.41, 5.74) is 2.89. The molecular weight excluding hydrogens is 376 g/mol. The third kappa shape index (κ3) is 3.94. The molecule has 1 heterocycles. The first-order valence-electron chi connectivity index (χ1n) is 9.46. The molecule has 2 amide bonds. The van der Waals surface area contributed by atoms with Crippen LogP contribution in [0.1, 0.15) is 44.2 Å². The van der Waals surface area contributed by atoms with Crippen molar-refractivity contribution in [3.05, 3.63) is 53.6 Å². The third-order valence-corrected chi connectivity index (χ3v) is 6.29. The molecule has 0 aliphatic carbocycles. The fourth-order valence-corrected chi connectivity index (χ4v) is 4.53. The van der Waals surface area contributed by atoms with Crippen molar-refractivity contribution < 1.29 is 18.0 Å². The van der Waals surface area contributed by atoms with Crippen LogP contribution >= 0.6 is 0 Å². The molecule has 3 rings (SSSR count). The normalized spacial score (nSPS) is 15.0. The topological polar surface area (TPSA) is 83.6 Å². The van der Waals surface area contributed by atoms with Crippen LogP contribution in [0.3, 0.4) is 0 Å². The molecule has 1 aliphatic heterocycles. The number of imide groups is 1. The Balaban J connectivity index is 1.90. The van der Waals surface area contributed by atoms with Crippen LogP contribution in [-0.2, 0) is 32.5 Å². The molecule has 0 atom stereocenters. The van der Waals surface area contributed by atoms with Crippen LogP contribution < -0.4 is 9.62 Å². The minimum Gasteiger partial charge on any atom is -0.279 e. The maximum Gasteiger partial charge on any atom is 0.261 e. The van der Waals surface area contributed by atoms with Gasteiger partial charge in [0.15, 0.2) is 0 Å². The number of amides is 2. The lowest BCUT2D eigenvalue weighted by atomic mass is 10.0. The number of benzene rings is 2. The molecule has 28 heavy (non-hydrogen) atoms. The van der Waals surface area contributed by atoms with Gasteiger partial charge in [-0.2, -0.15) is 0 Å². The number of aryl methyl sites for hydroxylation is 2. The average molecular weight is 401 g/mol. The molecule has 1 fully saturated rings. The summed E-state index contributed by atoms with van der Waals surface area (Å²) in [5, 5.41) is 0. The van der Waals surface area contributed by atoms with Gasteiger partial charge in [0.05, 0.1) is 16.3 Å². The molecule has 0 aromatic heterocycles. The van der Waals surface area contributed by atoms with E-state index in [1.807, 2.05) is 32.0 Å². The summed E-state index contributed by atoms with van der Waals surface area (Å²) in [5.74, 6) is -0.510. The fourth-order valence-electron chi connectivity index (χ4n) is 3.38. The quantitative estimate of drug-likeness (QED) is 0.750. The van der Waals surface area contributed by atoms with Crippen LogP contribution in [0.15, 0.2) is 47.4 Å². The number of sulfonamides is 1. The van der Waals surface area contributed by atoms with E-state index in [-0.39, 0.29) is 16.7 Å². The van der Waals surface area contributed by atoms with Crippen molar-refractivity contribution in [2.24, 2.45) is 0 Å². The van der Waals surface area contributed by atoms with Crippen LogP contribution in [0.25, 0.3) is 0 Å². The van der Waals surface area contributed by atoms with Crippen molar-refractivity contribution in [2.75, 3.05) is 9.62 Å². The Kier molecular flexibility index (Phi) is 5.84. The first kappa shape index (κ1) is 20.1. The van der Waals surface area contributed by atoms with Crippen molar-refractivity contribution in [2.45, 2.75) is 50.8 Å². The van der Waals surface area contributed by atoms with Gasteiger partial charge in [0, 0.05) is 12.8 Å². The molecule has 1 aliphatic rings. The zero-order valence-electron chi connectivity index (χ0n) is 16.1. The molecule has 7 heteroatoms. The van der Waals surface area contributed by atoms with E-state index < -0.39 is 10.0 Å². The minimum absolute atomic E-state index is 0.0844. The van der Waals surface area contributed by atoms with Crippen LogP contribution in [0.2, 0.25) is 0 Å². The van der Waals surface area contributed by atoms with Gasteiger partial charge in [0.25, 0.3) is 10.0 Å². The van der Waals surface area contributed by atoms with Gasteiger partial charge < -0.3 is 0 Å². The fraction of sp³-hybridized carbons (Fsp3) is 0.333. The number of rotatable bonds is 6. The predicted octanol–water partition coefficient (Wildman–Crippen LogP) is 3.66. The van der Waals surface area contributed by atoms with Gasteiger partial charge in [-0.1, -0.05) is 32.0 Å². The molecule has 2 aromatic carbocycles. The number of carbonyl (C=O) groups is 2. The third-order valence-electron chi connectivity index (χ3n) is 4.92. The Hall–Kier alpha value is -2.67. The maximum atomic E-state index is 12.9. The van der Waals surface area contributed by atoms with E-state index in [0.29, 0.717) is 43.5 Å². The van der Waals surface area contributed by atoms with Crippen LogP contribution in [0.5, 0.6) is 0 Å². The van der Waals surface area contributed by atoms with E-state index >= 15 is 0 Å². The number of hydrogen-bond donors (Lipinski definition) is 1. The smallest absolute Gasteiger partial charge is 0.261 e. The van der Waals surface area contributed by atoms with Gasteiger partial charge in [-0.25, -0.2) is 8.42 Å². The highest BCUT2D eigenvalue weighted by molar-refractivity contribution is 7.92. The summed E-state index contributed by atoms with van der Waals surface area (Å²) in [6.07, 6.45) is 2.62. The second-order valence-electron chi connectivity index (χ2n) is 6.73. The van der Waals surface area contributed by atoms with Gasteiger partial charge in [0.1, 0.15) is 0 Å². The average Bonchev–Trinajstić information content (AvgIpc) is 2.68. The van der Waals surface area contributed by atoms with E-state index in [1.165, 1.54) is 24.3 Å². The van der Waals surface area contributed by atoms with Crippen LogP contribution in [0, 0.1) is 0 Å². The van der Waals surface area contributed by atoms with Crippen molar-refractivity contribution in [3.63, 3.8) is 0 Å². The Labute approximate surface area is 165 Å². The lowest BCUT2D eigenvalue weighted by molar-refractivity contribution is -0.129. The number of para-hydroxylation sites is 1. The highest BCUT2D eigenvalue weighted by atomic mass is 32.2. The van der Waals surface area contributed by atoms with Crippen molar-refractivity contribution in [1.82, 2.24) is 0 Å². The summed E-state index contributed by atoms with van der Waals surface area (Å²) >= 11 is 0. The molecule has 2 aromatic rings. The first-order valence-corrected chi connectivity index (χ1v) is 10.9.